The summed E-state index contributed by atoms with van der Waals surface area (Å²) in [6.45, 7) is 2.24. The average molecular weight is 167 g/mol. The SMILES string of the molecule is CC1CC(NC(=O)C2CCC2)C1. The maximum Gasteiger partial charge on any atom is 0.223 e. The third-order valence-corrected chi connectivity index (χ3v) is 3.20. The molecule has 0 bridgehead atoms. The fourth-order valence-electron chi connectivity index (χ4n) is 2.01. The molecule has 0 spiro atoms. The van der Waals surface area contributed by atoms with Crippen molar-refractivity contribution < 1.29 is 4.79 Å². The van der Waals surface area contributed by atoms with Crippen LogP contribution in [0.3, 0.4) is 0 Å². The number of hydrogen-bond acceptors (Lipinski definition) is 1. The summed E-state index contributed by atoms with van der Waals surface area (Å²) in [7, 11) is 0. The Hall–Kier alpha value is -0.530. The van der Waals surface area contributed by atoms with Gasteiger partial charge in [0.2, 0.25) is 5.91 Å². The number of carbonyl (C=O) groups excluding carboxylic acids is 1. The van der Waals surface area contributed by atoms with Crippen LogP contribution >= 0.6 is 0 Å². The second-order valence-electron chi connectivity index (χ2n) is 4.41. The summed E-state index contributed by atoms with van der Waals surface area (Å²) in [4.78, 5) is 11.4. The third-order valence-electron chi connectivity index (χ3n) is 3.20. The Morgan fingerprint density at radius 2 is 2.00 bits per heavy atom. The minimum absolute atomic E-state index is 0.318. The lowest BCUT2D eigenvalue weighted by atomic mass is 9.80. The van der Waals surface area contributed by atoms with E-state index in [1.54, 1.807) is 0 Å². The molecule has 68 valence electrons. The van der Waals surface area contributed by atoms with Crippen LogP contribution < -0.4 is 5.32 Å². The van der Waals surface area contributed by atoms with Gasteiger partial charge in [-0.05, 0) is 31.6 Å². The lowest BCUT2D eigenvalue weighted by Crippen LogP contribution is -2.46. The van der Waals surface area contributed by atoms with E-state index in [4.69, 9.17) is 0 Å². The van der Waals surface area contributed by atoms with Gasteiger partial charge in [-0.15, -0.1) is 0 Å². The molecule has 2 nitrogen and oxygen atoms in total. The molecule has 0 saturated heterocycles. The van der Waals surface area contributed by atoms with E-state index < -0.39 is 0 Å². The fraction of sp³-hybridized carbons (Fsp3) is 0.900. The predicted molar refractivity (Wildman–Crippen MR) is 47.7 cm³/mol. The molecule has 0 heterocycles. The quantitative estimate of drug-likeness (QED) is 0.666. The number of carbonyl (C=O) groups is 1. The van der Waals surface area contributed by atoms with Gasteiger partial charge in [-0.2, -0.15) is 0 Å². The predicted octanol–water partition coefficient (Wildman–Crippen LogP) is 1.70. The molecule has 2 aliphatic carbocycles. The second-order valence-corrected chi connectivity index (χ2v) is 4.41. The van der Waals surface area contributed by atoms with Crippen LogP contribution in [0.5, 0.6) is 0 Å². The number of rotatable bonds is 2. The van der Waals surface area contributed by atoms with Crippen LogP contribution in [0.1, 0.15) is 39.0 Å². The van der Waals surface area contributed by atoms with E-state index in [2.05, 4.69) is 12.2 Å². The van der Waals surface area contributed by atoms with Gasteiger partial charge in [-0.1, -0.05) is 13.3 Å². The summed E-state index contributed by atoms with van der Waals surface area (Å²) < 4.78 is 0. The molecule has 0 unspecified atom stereocenters. The zero-order valence-corrected chi connectivity index (χ0v) is 7.68. The van der Waals surface area contributed by atoms with Crippen LogP contribution in [-0.4, -0.2) is 11.9 Å². The Morgan fingerprint density at radius 1 is 1.33 bits per heavy atom. The Bertz CT molecular complexity index is 180. The Morgan fingerprint density at radius 3 is 2.42 bits per heavy atom. The second kappa shape index (κ2) is 3.08. The molecule has 1 amide bonds. The zero-order valence-electron chi connectivity index (χ0n) is 7.68. The smallest absolute Gasteiger partial charge is 0.223 e. The summed E-state index contributed by atoms with van der Waals surface area (Å²) in [5.74, 6) is 1.51. The molecule has 2 saturated carbocycles. The molecular weight excluding hydrogens is 150 g/mol. The highest BCUT2D eigenvalue weighted by Crippen LogP contribution is 2.30. The van der Waals surface area contributed by atoms with Crippen molar-refractivity contribution in [1.82, 2.24) is 5.32 Å². The maximum atomic E-state index is 11.4. The van der Waals surface area contributed by atoms with Gasteiger partial charge in [0.05, 0.1) is 0 Å². The van der Waals surface area contributed by atoms with E-state index in [0.717, 1.165) is 18.8 Å². The first-order valence-corrected chi connectivity index (χ1v) is 5.06. The van der Waals surface area contributed by atoms with Crippen molar-refractivity contribution in [1.29, 1.82) is 0 Å². The Balaban J connectivity index is 1.69. The lowest BCUT2D eigenvalue weighted by Gasteiger charge is -2.35. The van der Waals surface area contributed by atoms with Crippen molar-refractivity contribution in [2.75, 3.05) is 0 Å². The van der Waals surface area contributed by atoms with Crippen molar-refractivity contribution >= 4 is 5.91 Å². The van der Waals surface area contributed by atoms with Gasteiger partial charge in [-0.25, -0.2) is 0 Å². The molecule has 0 aromatic heterocycles. The van der Waals surface area contributed by atoms with Gasteiger partial charge in [0.1, 0.15) is 0 Å². The van der Waals surface area contributed by atoms with Gasteiger partial charge < -0.3 is 5.32 Å². The number of hydrogen-bond donors (Lipinski definition) is 1. The highest BCUT2D eigenvalue weighted by atomic mass is 16.2. The first kappa shape index (κ1) is 8.09. The van der Waals surface area contributed by atoms with E-state index in [0.29, 0.717) is 17.9 Å². The van der Waals surface area contributed by atoms with E-state index in [1.807, 2.05) is 0 Å². The highest BCUT2D eigenvalue weighted by molar-refractivity contribution is 5.79. The van der Waals surface area contributed by atoms with Gasteiger partial charge in [0, 0.05) is 12.0 Å². The van der Waals surface area contributed by atoms with Crippen LogP contribution in [0.25, 0.3) is 0 Å². The highest BCUT2D eigenvalue weighted by Gasteiger charge is 2.31. The standard InChI is InChI=1S/C10H17NO/c1-7-5-9(6-7)11-10(12)8-3-2-4-8/h7-9H,2-6H2,1H3,(H,11,12). The van der Waals surface area contributed by atoms with Crippen LogP contribution in [0.2, 0.25) is 0 Å². The molecule has 2 fully saturated rings. The number of amides is 1. The first-order valence-electron chi connectivity index (χ1n) is 5.06. The summed E-state index contributed by atoms with van der Waals surface area (Å²) >= 11 is 0. The van der Waals surface area contributed by atoms with Crippen molar-refractivity contribution in [3.05, 3.63) is 0 Å². The molecule has 0 radical (unpaired) electrons. The van der Waals surface area contributed by atoms with Crippen LogP contribution in [0, 0.1) is 11.8 Å². The molecule has 2 heteroatoms. The molecule has 2 rings (SSSR count). The fourth-order valence-corrected chi connectivity index (χ4v) is 2.01. The van der Waals surface area contributed by atoms with Crippen LogP contribution in [-0.2, 0) is 4.79 Å². The average Bonchev–Trinajstić information content (AvgIpc) is 1.79. The monoisotopic (exact) mass is 167 g/mol. The van der Waals surface area contributed by atoms with Crippen molar-refractivity contribution in [3.63, 3.8) is 0 Å². The summed E-state index contributed by atoms with van der Waals surface area (Å²) in [5.41, 5.74) is 0. The van der Waals surface area contributed by atoms with E-state index in [9.17, 15) is 4.79 Å². The molecule has 0 atom stereocenters. The van der Waals surface area contributed by atoms with Crippen molar-refractivity contribution in [2.45, 2.75) is 45.1 Å². The van der Waals surface area contributed by atoms with Gasteiger partial charge in [-0.3, -0.25) is 4.79 Å². The normalized spacial score (nSPS) is 35.1. The maximum absolute atomic E-state index is 11.4. The van der Waals surface area contributed by atoms with Gasteiger partial charge in [0.25, 0.3) is 0 Å². The zero-order chi connectivity index (χ0) is 8.55. The van der Waals surface area contributed by atoms with Gasteiger partial charge >= 0.3 is 0 Å². The molecule has 0 aliphatic heterocycles. The van der Waals surface area contributed by atoms with Gasteiger partial charge in [0.15, 0.2) is 0 Å². The lowest BCUT2D eigenvalue weighted by molar-refractivity contribution is -0.128. The van der Waals surface area contributed by atoms with Crippen LogP contribution in [0.15, 0.2) is 0 Å². The molecule has 2 aliphatic rings. The third kappa shape index (κ3) is 1.47. The van der Waals surface area contributed by atoms with Crippen molar-refractivity contribution in [2.24, 2.45) is 11.8 Å². The largest absolute Gasteiger partial charge is 0.353 e. The van der Waals surface area contributed by atoms with Crippen molar-refractivity contribution in [3.8, 4) is 0 Å². The van der Waals surface area contributed by atoms with E-state index in [-0.39, 0.29) is 0 Å². The molecular formula is C10H17NO. The molecule has 0 aromatic carbocycles. The van der Waals surface area contributed by atoms with E-state index >= 15 is 0 Å². The number of nitrogens with one attached hydrogen (secondary N) is 1. The topological polar surface area (TPSA) is 29.1 Å². The van der Waals surface area contributed by atoms with Crippen LogP contribution in [0.4, 0.5) is 0 Å². The molecule has 12 heavy (non-hydrogen) atoms. The summed E-state index contributed by atoms with van der Waals surface area (Å²) in [6, 6.07) is 0.507. The Kier molecular flexibility index (Phi) is 2.07. The summed E-state index contributed by atoms with van der Waals surface area (Å²) in [6.07, 6.45) is 5.87. The Labute approximate surface area is 73.7 Å². The molecule has 1 N–H and O–H groups in total. The minimum Gasteiger partial charge on any atom is -0.353 e. The minimum atomic E-state index is 0.318. The molecule has 0 aromatic rings. The van der Waals surface area contributed by atoms with E-state index in [1.165, 1.54) is 19.3 Å². The first-order chi connectivity index (χ1) is 5.75. The summed E-state index contributed by atoms with van der Waals surface area (Å²) in [5, 5.41) is 3.11.